The van der Waals surface area contributed by atoms with Gasteiger partial charge < -0.3 is 9.15 Å². The molecule has 1 aromatic heterocycles. The Bertz CT molecular complexity index is 833. The Morgan fingerprint density at radius 3 is 2.48 bits per heavy atom. The van der Waals surface area contributed by atoms with Crippen molar-refractivity contribution in [2.45, 2.75) is 31.1 Å². The number of hydrogen-bond donors (Lipinski definition) is 0. The lowest BCUT2D eigenvalue weighted by Gasteiger charge is -2.26. The minimum Gasteiger partial charge on any atom is -0.439 e. The smallest absolute Gasteiger partial charge is 0.248 e. The molecular formula is C15H19ClN2O4S. The van der Waals surface area contributed by atoms with Crippen LogP contribution in [-0.2, 0) is 20.2 Å². The van der Waals surface area contributed by atoms with Gasteiger partial charge in [-0.25, -0.2) is 13.4 Å². The summed E-state index contributed by atoms with van der Waals surface area (Å²) in [5.41, 5.74) is 0.381. The molecule has 126 valence electrons. The number of nitrogens with zero attached hydrogens (tertiary/aromatic N) is 2. The molecular weight excluding hydrogens is 340 g/mol. The van der Waals surface area contributed by atoms with Crippen LogP contribution in [-0.4, -0.2) is 44.0 Å². The van der Waals surface area contributed by atoms with E-state index in [1.807, 2.05) is 20.8 Å². The molecule has 0 N–H and O–H groups in total. The highest BCUT2D eigenvalue weighted by atomic mass is 35.5. The van der Waals surface area contributed by atoms with Gasteiger partial charge in [-0.05, 0) is 12.1 Å². The van der Waals surface area contributed by atoms with Gasteiger partial charge in [-0.3, -0.25) is 0 Å². The lowest BCUT2D eigenvalue weighted by Crippen LogP contribution is -2.40. The summed E-state index contributed by atoms with van der Waals surface area (Å²) in [4.78, 5) is 4.40. The minimum atomic E-state index is -3.76. The molecule has 23 heavy (non-hydrogen) atoms. The fourth-order valence-corrected chi connectivity index (χ4v) is 4.45. The van der Waals surface area contributed by atoms with E-state index in [4.69, 9.17) is 20.8 Å². The number of fused-ring (bicyclic) bond motifs is 1. The van der Waals surface area contributed by atoms with Crippen molar-refractivity contribution in [3.8, 4) is 0 Å². The number of hydrogen-bond acceptors (Lipinski definition) is 5. The number of rotatable bonds is 2. The number of ether oxygens (including phenoxy) is 1. The average Bonchev–Trinajstić information content (AvgIpc) is 2.91. The Morgan fingerprint density at radius 1 is 1.22 bits per heavy atom. The largest absolute Gasteiger partial charge is 0.439 e. The van der Waals surface area contributed by atoms with E-state index in [-0.39, 0.29) is 20.9 Å². The number of benzene rings is 1. The van der Waals surface area contributed by atoms with Crippen molar-refractivity contribution < 1.29 is 17.6 Å². The Morgan fingerprint density at radius 2 is 1.87 bits per heavy atom. The molecule has 2 heterocycles. The van der Waals surface area contributed by atoms with Gasteiger partial charge in [0, 0.05) is 18.5 Å². The van der Waals surface area contributed by atoms with Crippen molar-refractivity contribution in [3.05, 3.63) is 23.0 Å². The molecule has 6 nitrogen and oxygen atoms in total. The van der Waals surface area contributed by atoms with Gasteiger partial charge in [-0.2, -0.15) is 4.31 Å². The Labute approximate surface area is 140 Å². The second kappa shape index (κ2) is 5.73. The van der Waals surface area contributed by atoms with Crippen LogP contribution in [0.25, 0.3) is 11.1 Å². The standard InChI is InChI=1S/C15H19ClN2O4S/c1-15(2,3)14-17-11-5-4-10(16)13(12(11)22-14)23(19,20)18-6-8-21-9-7-18/h4-5H,6-9H2,1-3H3. The molecule has 8 heteroatoms. The molecule has 0 saturated carbocycles. The summed E-state index contributed by atoms with van der Waals surface area (Å²) < 4.78 is 38.3. The van der Waals surface area contributed by atoms with Gasteiger partial charge in [-0.15, -0.1) is 0 Å². The summed E-state index contributed by atoms with van der Waals surface area (Å²) >= 11 is 6.21. The van der Waals surface area contributed by atoms with Crippen LogP contribution in [0.3, 0.4) is 0 Å². The molecule has 0 radical (unpaired) electrons. The first-order chi connectivity index (χ1) is 10.7. The van der Waals surface area contributed by atoms with Gasteiger partial charge in [0.1, 0.15) is 10.4 Å². The summed E-state index contributed by atoms with van der Waals surface area (Å²) in [6.45, 7) is 7.21. The van der Waals surface area contributed by atoms with Crippen molar-refractivity contribution >= 4 is 32.7 Å². The van der Waals surface area contributed by atoms with Crippen LogP contribution in [0.2, 0.25) is 5.02 Å². The molecule has 2 aromatic rings. The van der Waals surface area contributed by atoms with Crippen LogP contribution >= 0.6 is 11.6 Å². The van der Waals surface area contributed by atoms with Gasteiger partial charge in [0.15, 0.2) is 5.58 Å². The number of halogens is 1. The SMILES string of the molecule is CC(C)(C)c1nc2ccc(Cl)c(S(=O)(=O)N3CCOCC3)c2o1. The van der Waals surface area contributed by atoms with Gasteiger partial charge in [-0.1, -0.05) is 32.4 Å². The number of oxazole rings is 1. The van der Waals surface area contributed by atoms with Crippen LogP contribution in [0.4, 0.5) is 0 Å². The minimum absolute atomic E-state index is 0.0124. The fourth-order valence-electron chi connectivity index (χ4n) is 2.42. The van der Waals surface area contributed by atoms with Gasteiger partial charge in [0.25, 0.3) is 0 Å². The highest BCUT2D eigenvalue weighted by Gasteiger charge is 2.33. The van der Waals surface area contributed by atoms with Gasteiger partial charge >= 0.3 is 0 Å². The monoisotopic (exact) mass is 358 g/mol. The predicted octanol–water partition coefficient (Wildman–Crippen LogP) is 2.80. The highest BCUT2D eigenvalue weighted by molar-refractivity contribution is 7.89. The first-order valence-corrected chi connectivity index (χ1v) is 9.20. The van der Waals surface area contributed by atoms with E-state index in [1.54, 1.807) is 12.1 Å². The summed E-state index contributed by atoms with van der Waals surface area (Å²) in [6.07, 6.45) is 0. The summed E-state index contributed by atoms with van der Waals surface area (Å²) in [7, 11) is -3.76. The maximum atomic E-state index is 13.0. The first-order valence-electron chi connectivity index (χ1n) is 7.38. The van der Waals surface area contributed by atoms with Gasteiger partial charge in [0.2, 0.25) is 15.9 Å². The van der Waals surface area contributed by atoms with E-state index in [9.17, 15) is 8.42 Å². The van der Waals surface area contributed by atoms with Crippen LogP contribution in [0.5, 0.6) is 0 Å². The van der Waals surface area contributed by atoms with Crippen LogP contribution in [0, 0.1) is 0 Å². The normalized spacial score (nSPS) is 17.7. The molecule has 0 atom stereocenters. The molecule has 0 unspecified atom stereocenters. The van der Waals surface area contributed by atoms with E-state index >= 15 is 0 Å². The summed E-state index contributed by atoms with van der Waals surface area (Å²) in [6, 6.07) is 3.22. The van der Waals surface area contributed by atoms with Crippen molar-refractivity contribution in [3.63, 3.8) is 0 Å². The first kappa shape index (κ1) is 16.7. The van der Waals surface area contributed by atoms with E-state index in [2.05, 4.69) is 4.98 Å². The molecule has 1 aliphatic rings. The Hall–Kier alpha value is -1.15. The van der Waals surface area contributed by atoms with E-state index in [0.717, 1.165) is 0 Å². The van der Waals surface area contributed by atoms with Crippen LogP contribution < -0.4 is 0 Å². The molecule has 0 amide bonds. The second-order valence-electron chi connectivity index (χ2n) is 6.51. The molecule has 1 saturated heterocycles. The summed E-state index contributed by atoms with van der Waals surface area (Å²) in [5.74, 6) is 0.480. The number of aromatic nitrogens is 1. The van der Waals surface area contributed by atoms with E-state index in [0.29, 0.717) is 37.7 Å². The maximum absolute atomic E-state index is 13.0. The Kier molecular flexibility index (Phi) is 4.16. The molecule has 0 bridgehead atoms. The maximum Gasteiger partial charge on any atom is 0.248 e. The molecule has 1 aliphatic heterocycles. The van der Waals surface area contributed by atoms with Crippen LogP contribution in [0.15, 0.2) is 21.4 Å². The van der Waals surface area contributed by atoms with Crippen molar-refractivity contribution in [1.82, 2.24) is 9.29 Å². The van der Waals surface area contributed by atoms with Gasteiger partial charge in [0.05, 0.1) is 18.2 Å². The quantitative estimate of drug-likeness (QED) is 0.825. The zero-order valence-electron chi connectivity index (χ0n) is 13.3. The van der Waals surface area contributed by atoms with Crippen molar-refractivity contribution in [2.24, 2.45) is 0 Å². The third kappa shape index (κ3) is 2.98. The lowest BCUT2D eigenvalue weighted by atomic mass is 9.97. The van der Waals surface area contributed by atoms with E-state index in [1.165, 1.54) is 4.31 Å². The topological polar surface area (TPSA) is 72.6 Å². The second-order valence-corrected chi connectivity index (χ2v) is 8.79. The Balaban J connectivity index is 2.19. The third-order valence-corrected chi connectivity index (χ3v) is 6.07. The van der Waals surface area contributed by atoms with Crippen molar-refractivity contribution in [1.29, 1.82) is 0 Å². The van der Waals surface area contributed by atoms with E-state index < -0.39 is 10.0 Å². The number of sulfonamides is 1. The molecule has 3 rings (SSSR count). The molecule has 1 aromatic carbocycles. The summed E-state index contributed by atoms with van der Waals surface area (Å²) in [5, 5.41) is 0.139. The lowest BCUT2D eigenvalue weighted by molar-refractivity contribution is 0.0730. The number of morpholine rings is 1. The molecule has 1 fully saturated rings. The fraction of sp³-hybridized carbons (Fsp3) is 0.533. The zero-order chi connectivity index (χ0) is 16.8. The molecule has 0 spiro atoms. The third-order valence-electron chi connectivity index (χ3n) is 3.67. The molecule has 0 aliphatic carbocycles. The predicted molar refractivity (Wildman–Crippen MR) is 87.3 cm³/mol. The highest BCUT2D eigenvalue weighted by Crippen LogP contribution is 2.35. The zero-order valence-corrected chi connectivity index (χ0v) is 14.9. The van der Waals surface area contributed by atoms with Crippen molar-refractivity contribution in [2.75, 3.05) is 26.3 Å². The average molecular weight is 359 g/mol. The van der Waals surface area contributed by atoms with Crippen LogP contribution in [0.1, 0.15) is 26.7 Å².